The molecule has 3 rings (SSSR count). The summed E-state index contributed by atoms with van der Waals surface area (Å²) in [4.78, 5) is 21.3. The highest BCUT2D eigenvalue weighted by Crippen LogP contribution is 2.17. The predicted octanol–water partition coefficient (Wildman–Crippen LogP) is 3.05. The van der Waals surface area contributed by atoms with E-state index in [1.807, 2.05) is 49.5 Å². The van der Waals surface area contributed by atoms with Crippen molar-refractivity contribution in [2.24, 2.45) is 0 Å². The highest BCUT2D eigenvalue weighted by atomic mass is 35.5. The van der Waals surface area contributed by atoms with Crippen molar-refractivity contribution in [2.75, 3.05) is 38.1 Å². The van der Waals surface area contributed by atoms with Gasteiger partial charge in [-0.1, -0.05) is 29.8 Å². The van der Waals surface area contributed by atoms with Gasteiger partial charge in [-0.25, -0.2) is 9.78 Å². The number of likely N-dealkylation sites (N-methyl/N-ethyl adjacent to an activating group) is 1. The van der Waals surface area contributed by atoms with Crippen molar-refractivity contribution < 1.29 is 4.79 Å². The number of anilines is 1. The molecule has 27 heavy (non-hydrogen) atoms. The first-order valence-corrected chi connectivity index (χ1v) is 9.57. The Morgan fingerprint density at radius 2 is 2.00 bits per heavy atom. The Kier molecular flexibility index (Phi) is 6.53. The summed E-state index contributed by atoms with van der Waals surface area (Å²) in [6.07, 6.45) is 1.83. The molecule has 1 atom stereocenters. The summed E-state index contributed by atoms with van der Waals surface area (Å²) in [6, 6.07) is 11.2. The van der Waals surface area contributed by atoms with E-state index in [9.17, 15) is 4.79 Å². The second kappa shape index (κ2) is 9.06. The molecule has 1 fully saturated rings. The van der Waals surface area contributed by atoms with Crippen molar-refractivity contribution in [3.8, 4) is 0 Å². The highest BCUT2D eigenvalue weighted by molar-refractivity contribution is 6.30. The maximum Gasteiger partial charge on any atom is 0.315 e. The molecule has 1 saturated heterocycles. The molecule has 2 amide bonds. The Morgan fingerprint density at radius 1 is 1.22 bits per heavy atom. The molecule has 1 aromatic carbocycles. The minimum atomic E-state index is -0.217. The van der Waals surface area contributed by atoms with Gasteiger partial charge in [0.1, 0.15) is 5.82 Å². The Morgan fingerprint density at radius 3 is 2.67 bits per heavy atom. The average Bonchev–Trinajstić information content (AvgIpc) is 2.67. The maximum absolute atomic E-state index is 12.1. The second-order valence-corrected chi connectivity index (χ2v) is 7.36. The number of piperazine rings is 1. The molecule has 0 aliphatic carbocycles. The van der Waals surface area contributed by atoms with E-state index in [4.69, 9.17) is 11.6 Å². The molecular formula is C20H26ClN5O. The summed E-state index contributed by atoms with van der Waals surface area (Å²) in [5.41, 5.74) is 1.94. The van der Waals surface area contributed by atoms with Crippen LogP contribution in [0.4, 0.5) is 10.6 Å². The number of nitrogens with zero attached hydrogens (tertiary/aromatic N) is 3. The topological polar surface area (TPSA) is 60.5 Å². The van der Waals surface area contributed by atoms with Crippen LogP contribution in [0.15, 0.2) is 42.6 Å². The molecule has 1 aliphatic rings. The van der Waals surface area contributed by atoms with Gasteiger partial charge in [-0.3, -0.25) is 0 Å². The first kappa shape index (κ1) is 19.5. The molecule has 1 aromatic heterocycles. The van der Waals surface area contributed by atoms with Gasteiger partial charge in [0.25, 0.3) is 0 Å². The van der Waals surface area contributed by atoms with E-state index in [0.29, 0.717) is 11.6 Å². The van der Waals surface area contributed by atoms with Gasteiger partial charge in [-0.2, -0.15) is 0 Å². The lowest BCUT2D eigenvalue weighted by Crippen LogP contribution is -2.44. The molecule has 2 aromatic rings. The summed E-state index contributed by atoms with van der Waals surface area (Å²) in [5, 5.41) is 6.45. The van der Waals surface area contributed by atoms with Gasteiger partial charge in [0.15, 0.2) is 0 Å². The summed E-state index contributed by atoms with van der Waals surface area (Å²) in [5.74, 6) is 0.992. The van der Waals surface area contributed by atoms with Crippen LogP contribution in [0, 0.1) is 0 Å². The molecule has 7 heteroatoms. The van der Waals surface area contributed by atoms with Gasteiger partial charge >= 0.3 is 6.03 Å². The number of benzene rings is 1. The van der Waals surface area contributed by atoms with Crippen molar-refractivity contribution in [1.29, 1.82) is 0 Å². The zero-order valence-corrected chi connectivity index (χ0v) is 16.5. The van der Waals surface area contributed by atoms with E-state index in [2.05, 4.69) is 32.5 Å². The van der Waals surface area contributed by atoms with Gasteiger partial charge in [0.05, 0.1) is 6.04 Å². The van der Waals surface area contributed by atoms with Crippen LogP contribution in [0.2, 0.25) is 5.02 Å². The molecule has 0 bridgehead atoms. The lowest BCUT2D eigenvalue weighted by molar-refractivity contribution is 0.237. The van der Waals surface area contributed by atoms with Crippen molar-refractivity contribution in [3.63, 3.8) is 0 Å². The Bertz CT molecular complexity index is 759. The molecule has 144 valence electrons. The number of carbonyl (C=O) groups excluding carboxylic acids is 1. The van der Waals surface area contributed by atoms with E-state index in [1.54, 1.807) is 0 Å². The molecule has 2 heterocycles. The zero-order chi connectivity index (χ0) is 19.2. The third-order valence-electron chi connectivity index (χ3n) is 4.79. The standard InChI is InChI=1S/C20H26ClN5O/c1-15(17-4-3-5-18(21)12-17)24-20(27)23-14-16-6-7-19(22-13-16)26-10-8-25(2)9-11-26/h3-7,12-13,15H,8-11,14H2,1-2H3,(H2,23,24,27). The van der Waals surface area contributed by atoms with Crippen LogP contribution >= 0.6 is 11.6 Å². The number of halogens is 1. The van der Waals surface area contributed by atoms with Crippen LogP contribution in [0.1, 0.15) is 24.1 Å². The van der Waals surface area contributed by atoms with Crippen molar-refractivity contribution in [2.45, 2.75) is 19.5 Å². The summed E-state index contributed by atoms with van der Waals surface area (Å²) in [7, 11) is 2.14. The smallest absolute Gasteiger partial charge is 0.315 e. The number of amides is 2. The monoisotopic (exact) mass is 387 g/mol. The van der Waals surface area contributed by atoms with E-state index >= 15 is 0 Å². The first-order chi connectivity index (χ1) is 13.0. The predicted molar refractivity (Wildman–Crippen MR) is 109 cm³/mol. The van der Waals surface area contributed by atoms with Gasteiger partial charge in [-0.05, 0) is 43.3 Å². The third kappa shape index (κ3) is 5.58. The molecule has 0 spiro atoms. The fourth-order valence-electron chi connectivity index (χ4n) is 3.03. The van der Waals surface area contributed by atoms with E-state index in [0.717, 1.165) is 43.1 Å². The molecule has 0 saturated carbocycles. The van der Waals surface area contributed by atoms with Crippen molar-refractivity contribution >= 4 is 23.4 Å². The molecule has 1 aliphatic heterocycles. The quantitative estimate of drug-likeness (QED) is 0.827. The lowest BCUT2D eigenvalue weighted by atomic mass is 10.1. The summed E-state index contributed by atoms with van der Waals surface area (Å²) < 4.78 is 0. The fourth-order valence-corrected chi connectivity index (χ4v) is 3.23. The van der Waals surface area contributed by atoms with Crippen LogP contribution in [0.25, 0.3) is 0 Å². The van der Waals surface area contributed by atoms with E-state index in [1.165, 1.54) is 0 Å². The number of nitrogens with one attached hydrogen (secondary N) is 2. The van der Waals surface area contributed by atoms with Crippen LogP contribution in [-0.2, 0) is 6.54 Å². The normalized spacial score (nSPS) is 16.0. The van der Waals surface area contributed by atoms with Gasteiger partial charge in [0, 0.05) is 43.9 Å². The van der Waals surface area contributed by atoms with Crippen LogP contribution in [-0.4, -0.2) is 49.1 Å². The third-order valence-corrected chi connectivity index (χ3v) is 5.02. The Balaban J connectivity index is 1.47. The molecule has 0 radical (unpaired) electrons. The molecule has 2 N–H and O–H groups in total. The van der Waals surface area contributed by atoms with Gasteiger partial charge < -0.3 is 20.4 Å². The zero-order valence-electron chi connectivity index (χ0n) is 15.8. The number of pyridine rings is 1. The SMILES string of the molecule is CC(NC(=O)NCc1ccc(N2CCN(C)CC2)nc1)c1cccc(Cl)c1. The van der Waals surface area contributed by atoms with Gasteiger partial charge in [0.2, 0.25) is 0 Å². The van der Waals surface area contributed by atoms with Crippen LogP contribution in [0.3, 0.4) is 0 Å². The van der Waals surface area contributed by atoms with Crippen LogP contribution < -0.4 is 15.5 Å². The number of hydrogen-bond acceptors (Lipinski definition) is 4. The van der Waals surface area contributed by atoms with Crippen molar-refractivity contribution in [3.05, 3.63) is 58.7 Å². The lowest BCUT2D eigenvalue weighted by Gasteiger charge is -2.33. The average molecular weight is 388 g/mol. The van der Waals surface area contributed by atoms with E-state index in [-0.39, 0.29) is 12.1 Å². The highest BCUT2D eigenvalue weighted by Gasteiger charge is 2.15. The van der Waals surface area contributed by atoms with Crippen LogP contribution in [0.5, 0.6) is 0 Å². The summed E-state index contributed by atoms with van der Waals surface area (Å²) >= 11 is 6.00. The van der Waals surface area contributed by atoms with Crippen molar-refractivity contribution in [1.82, 2.24) is 20.5 Å². The summed E-state index contributed by atoms with van der Waals surface area (Å²) in [6.45, 7) is 6.45. The fraction of sp³-hybridized carbons (Fsp3) is 0.400. The Hall–Kier alpha value is -2.31. The largest absolute Gasteiger partial charge is 0.354 e. The minimum absolute atomic E-state index is 0.124. The van der Waals surface area contributed by atoms with Gasteiger partial charge in [-0.15, -0.1) is 0 Å². The Labute approximate surface area is 165 Å². The first-order valence-electron chi connectivity index (χ1n) is 9.19. The molecule has 1 unspecified atom stereocenters. The number of rotatable bonds is 5. The maximum atomic E-state index is 12.1. The molecular weight excluding hydrogens is 362 g/mol. The number of urea groups is 1. The molecule has 6 nitrogen and oxygen atoms in total. The minimum Gasteiger partial charge on any atom is -0.354 e. The van der Waals surface area contributed by atoms with E-state index < -0.39 is 0 Å². The number of hydrogen-bond donors (Lipinski definition) is 2. The number of carbonyl (C=O) groups is 1. The second-order valence-electron chi connectivity index (χ2n) is 6.92. The number of aromatic nitrogens is 1.